The van der Waals surface area contributed by atoms with E-state index in [0.29, 0.717) is 30.6 Å². The fourth-order valence-corrected chi connectivity index (χ4v) is 3.87. The molecule has 2 aromatic rings. The number of esters is 1. The normalized spacial score (nSPS) is 20.2. The zero-order valence-electron chi connectivity index (χ0n) is 22.0. The van der Waals surface area contributed by atoms with Gasteiger partial charge in [0, 0.05) is 6.42 Å². The zero-order valence-corrected chi connectivity index (χ0v) is 22.0. The summed E-state index contributed by atoms with van der Waals surface area (Å²) in [5, 5.41) is 7.24. The zero-order chi connectivity index (χ0) is 26.7. The van der Waals surface area contributed by atoms with Gasteiger partial charge in [-0.25, -0.2) is 14.3 Å². The van der Waals surface area contributed by atoms with Gasteiger partial charge in [-0.1, -0.05) is 20.8 Å². The third-order valence-electron chi connectivity index (χ3n) is 5.68. The van der Waals surface area contributed by atoms with Crippen LogP contribution < -0.4 is 5.32 Å². The Balaban J connectivity index is 1.58. The molecule has 0 saturated carbocycles. The Morgan fingerprint density at radius 2 is 1.86 bits per heavy atom. The largest absolute Gasteiger partial charge is 0.511 e. The second-order valence-electron chi connectivity index (χ2n) is 11.4. The van der Waals surface area contributed by atoms with Crippen molar-refractivity contribution in [1.82, 2.24) is 14.6 Å². The molecule has 1 aliphatic rings. The number of aromatic nitrogens is 3. The Bertz CT molecular complexity index is 1120. The lowest BCUT2D eigenvalue weighted by Gasteiger charge is -2.24. The number of nitrogens with zero attached hydrogens (tertiary/aromatic N) is 3. The average molecular weight is 505 g/mol. The smallest absolute Gasteiger partial charge is 0.431 e. The topological polar surface area (TPSA) is 130 Å². The van der Waals surface area contributed by atoms with Crippen molar-refractivity contribution in [2.45, 2.75) is 79.4 Å². The van der Waals surface area contributed by atoms with Crippen LogP contribution in [0.2, 0.25) is 0 Å². The molecule has 1 saturated heterocycles. The number of rotatable bonds is 7. The number of fused-ring (bicyclic) bond motifs is 1. The minimum Gasteiger partial charge on any atom is -0.431 e. The van der Waals surface area contributed by atoms with E-state index in [4.69, 9.17) is 18.9 Å². The molecule has 0 spiro atoms. The van der Waals surface area contributed by atoms with Crippen LogP contribution in [0.15, 0.2) is 18.5 Å². The van der Waals surface area contributed by atoms with Gasteiger partial charge in [-0.2, -0.15) is 5.10 Å². The molecule has 0 aromatic carbocycles. The van der Waals surface area contributed by atoms with Gasteiger partial charge in [-0.05, 0) is 58.1 Å². The van der Waals surface area contributed by atoms with Crippen molar-refractivity contribution >= 4 is 29.4 Å². The Kier molecular flexibility index (Phi) is 7.92. The van der Waals surface area contributed by atoms with E-state index < -0.39 is 29.9 Å². The van der Waals surface area contributed by atoms with Crippen molar-refractivity contribution in [3.05, 3.63) is 24.2 Å². The fourth-order valence-electron chi connectivity index (χ4n) is 3.87. The second kappa shape index (κ2) is 10.4. The van der Waals surface area contributed by atoms with Gasteiger partial charge in [0.15, 0.2) is 5.82 Å². The third kappa shape index (κ3) is 6.93. The summed E-state index contributed by atoms with van der Waals surface area (Å²) in [6.45, 7) is 12.5. The monoisotopic (exact) mass is 504 g/mol. The maximum Gasteiger partial charge on any atom is 0.511 e. The number of anilines is 1. The predicted octanol–water partition coefficient (Wildman–Crippen LogP) is 4.20. The van der Waals surface area contributed by atoms with Gasteiger partial charge >= 0.3 is 12.1 Å². The SMILES string of the molecule is CC(C)(C)CC(=O)Nc1ncnn2c([C@@]3(C)CC[C@@H](COC(=O)OCOC(=O)C(C)(C)C)O3)ccc12. The lowest BCUT2D eigenvalue weighted by molar-refractivity contribution is -0.163. The first-order valence-corrected chi connectivity index (χ1v) is 12.0. The van der Waals surface area contributed by atoms with Crippen LogP contribution in [0.4, 0.5) is 10.6 Å². The summed E-state index contributed by atoms with van der Waals surface area (Å²) in [6.07, 6.45) is 1.78. The van der Waals surface area contributed by atoms with Crippen molar-refractivity contribution in [2.24, 2.45) is 10.8 Å². The Morgan fingerprint density at radius 3 is 2.53 bits per heavy atom. The van der Waals surface area contributed by atoms with E-state index >= 15 is 0 Å². The summed E-state index contributed by atoms with van der Waals surface area (Å²) in [6, 6.07) is 3.74. The Hall–Kier alpha value is -3.21. The molecule has 3 rings (SSSR count). The van der Waals surface area contributed by atoms with Gasteiger partial charge in [0.2, 0.25) is 12.7 Å². The van der Waals surface area contributed by atoms with Gasteiger partial charge < -0.3 is 24.3 Å². The highest BCUT2D eigenvalue weighted by Crippen LogP contribution is 2.40. The highest BCUT2D eigenvalue weighted by molar-refractivity contribution is 5.93. The molecule has 0 unspecified atom stereocenters. The van der Waals surface area contributed by atoms with Gasteiger partial charge in [0.05, 0.1) is 17.2 Å². The summed E-state index contributed by atoms with van der Waals surface area (Å²) in [7, 11) is 0. The van der Waals surface area contributed by atoms with Crippen molar-refractivity contribution in [3.8, 4) is 0 Å². The number of carbonyl (C=O) groups excluding carboxylic acids is 3. The molecule has 2 aromatic heterocycles. The maximum atomic E-state index is 12.4. The van der Waals surface area contributed by atoms with Crippen LogP contribution in [-0.2, 0) is 34.1 Å². The molecule has 2 atom stereocenters. The minimum atomic E-state index is -0.939. The molecular formula is C25H36N4O7. The molecular weight excluding hydrogens is 468 g/mol. The lowest BCUT2D eigenvalue weighted by Crippen LogP contribution is -2.28. The molecule has 1 amide bonds. The second-order valence-corrected chi connectivity index (χ2v) is 11.4. The highest BCUT2D eigenvalue weighted by Gasteiger charge is 2.40. The fraction of sp³-hybridized carbons (Fsp3) is 0.640. The molecule has 1 fully saturated rings. The van der Waals surface area contributed by atoms with Crippen LogP contribution in [0.5, 0.6) is 0 Å². The van der Waals surface area contributed by atoms with Crippen LogP contribution in [0.3, 0.4) is 0 Å². The van der Waals surface area contributed by atoms with Crippen LogP contribution >= 0.6 is 0 Å². The standard InChI is InChI=1S/C25H36N4O7/c1-23(2,3)12-19(30)28-20-17-8-9-18(29(17)27-14-26-20)25(7)11-10-16(36-25)13-33-22(32)35-15-34-21(31)24(4,5)6/h8-9,14,16H,10-13,15H2,1-7H3,(H,26,27,28,30)/t16-,25+/m0/s1. The molecule has 36 heavy (non-hydrogen) atoms. The number of carbonyl (C=O) groups is 3. The summed E-state index contributed by atoms with van der Waals surface area (Å²) in [4.78, 5) is 40.2. The van der Waals surface area contributed by atoms with Gasteiger partial charge in [0.1, 0.15) is 24.1 Å². The van der Waals surface area contributed by atoms with E-state index in [2.05, 4.69) is 15.4 Å². The number of amides is 1. The molecule has 0 radical (unpaired) electrons. The van der Waals surface area contributed by atoms with Crippen LogP contribution in [0.1, 0.15) is 73.4 Å². The van der Waals surface area contributed by atoms with E-state index in [1.54, 1.807) is 25.3 Å². The first kappa shape index (κ1) is 27.4. The van der Waals surface area contributed by atoms with Crippen LogP contribution in [0.25, 0.3) is 5.52 Å². The van der Waals surface area contributed by atoms with E-state index in [-0.39, 0.29) is 24.0 Å². The third-order valence-corrected chi connectivity index (χ3v) is 5.68. The quantitative estimate of drug-likeness (QED) is 0.435. The highest BCUT2D eigenvalue weighted by atomic mass is 16.8. The van der Waals surface area contributed by atoms with Gasteiger partial charge in [0.25, 0.3) is 0 Å². The number of hydrogen-bond acceptors (Lipinski definition) is 9. The molecule has 0 bridgehead atoms. The van der Waals surface area contributed by atoms with Crippen molar-refractivity contribution in [3.63, 3.8) is 0 Å². The van der Waals surface area contributed by atoms with E-state index in [9.17, 15) is 14.4 Å². The lowest BCUT2D eigenvalue weighted by atomic mass is 9.92. The van der Waals surface area contributed by atoms with Crippen LogP contribution in [0, 0.1) is 10.8 Å². The average Bonchev–Trinajstić information content (AvgIpc) is 3.35. The molecule has 1 aliphatic heterocycles. The summed E-state index contributed by atoms with van der Waals surface area (Å²) < 4.78 is 22.8. The van der Waals surface area contributed by atoms with Crippen molar-refractivity contribution in [1.29, 1.82) is 0 Å². The minimum absolute atomic E-state index is 0.00591. The van der Waals surface area contributed by atoms with Gasteiger partial charge in [-0.3, -0.25) is 9.59 Å². The molecule has 1 N–H and O–H groups in total. The molecule has 11 nitrogen and oxygen atoms in total. The maximum absolute atomic E-state index is 12.4. The van der Waals surface area contributed by atoms with E-state index in [1.807, 2.05) is 39.8 Å². The predicted molar refractivity (Wildman–Crippen MR) is 130 cm³/mol. The molecule has 198 valence electrons. The Labute approximate surface area is 210 Å². The van der Waals surface area contributed by atoms with E-state index in [1.165, 1.54) is 6.33 Å². The number of nitrogens with one attached hydrogen (secondary N) is 1. The summed E-state index contributed by atoms with van der Waals surface area (Å²) in [5.74, 6) is -0.168. The van der Waals surface area contributed by atoms with Crippen molar-refractivity contribution in [2.75, 3.05) is 18.7 Å². The molecule has 3 heterocycles. The van der Waals surface area contributed by atoms with Gasteiger partial charge in [-0.15, -0.1) is 0 Å². The molecule has 11 heteroatoms. The van der Waals surface area contributed by atoms with E-state index in [0.717, 1.165) is 5.69 Å². The summed E-state index contributed by atoms with van der Waals surface area (Å²) >= 11 is 0. The first-order chi connectivity index (χ1) is 16.7. The Morgan fingerprint density at radius 1 is 1.14 bits per heavy atom. The number of hydrogen-bond donors (Lipinski definition) is 1. The van der Waals surface area contributed by atoms with Crippen LogP contribution in [-0.4, -0.2) is 52.1 Å². The first-order valence-electron chi connectivity index (χ1n) is 12.0. The van der Waals surface area contributed by atoms with Crippen molar-refractivity contribution < 1.29 is 33.3 Å². The molecule has 0 aliphatic carbocycles. The number of ether oxygens (including phenoxy) is 4. The summed E-state index contributed by atoms with van der Waals surface area (Å²) in [5.41, 5.74) is -0.0694.